The molecule has 1 aromatic carbocycles. The van der Waals surface area contributed by atoms with Gasteiger partial charge in [0.25, 0.3) is 5.56 Å². The van der Waals surface area contributed by atoms with E-state index in [1.54, 1.807) is 24.5 Å². The Morgan fingerprint density at radius 2 is 1.80 bits per heavy atom. The molecule has 0 radical (unpaired) electrons. The maximum absolute atomic E-state index is 12.4. The van der Waals surface area contributed by atoms with Crippen LogP contribution in [0.4, 0.5) is 10.5 Å². The molecule has 4 aromatic rings. The number of urea groups is 1. The van der Waals surface area contributed by atoms with Crippen LogP contribution in [0.15, 0.2) is 53.6 Å². The number of hydrogen-bond donors (Lipinski definition) is 4. The lowest BCUT2D eigenvalue weighted by Crippen LogP contribution is -2.28. The molecule has 9 nitrogen and oxygen atoms in total. The normalized spacial score (nSPS) is 10.8. The first-order chi connectivity index (χ1) is 16.9. The standard InChI is InChI=1S/C25H26N6O3S/c1-15-16(2)35-24-22(15)23(33)30-20(31-24)6-7-21(32)27-14-18-4-3-5-19(12-18)29-25(34)28-13-17-8-10-26-11-9-17/h3-5,8-12H,6-7,13-14H2,1-2H3,(H,27,32)(H2,28,29,34)(H,30,31,33). The summed E-state index contributed by atoms with van der Waals surface area (Å²) in [5.41, 5.74) is 3.21. The molecule has 0 saturated carbocycles. The van der Waals surface area contributed by atoms with Gasteiger partial charge in [-0.15, -0.1) is 11.3 Å². The number of fused-ring (bicyclic) bond motifs is 1. The number of H-pyrrole nitrogens is 1. The SMILES string of the molecule is Cc1sc2nc(CCC(=O)NCc3cccc(NC(=O)NCc4ccncc4)c3)[nH]c(=O)c2c1C. The Balaban J connectivity index is 1.26. The van der Waals surface area contributed by atoms with Crippen LogP contribution in [-0.4, -0.2) is 26.9 Å². The number of aromatic amines is 1. The highest BCUT2D eigenvalue weighted by Crippen LogP contribution is 2.25. The molecule has 3 heterocycles. The van der Waals surface area contributed by atoms with Crippen LogP contribution < -0.4 is 21.5 Å². The van der Waals surface area contributed by atoms with Crippen molar-refractivity contribution in [1.82, 2.24) is 25.6 Å². The molecule has 0 aliphatic heterocycles. The minimum Gasteiger partial charge on any atom is -0.352 e. The lowest BCUT2D eigenvalue weighted by Gasteiger charge is -2.10. The number of carbonyl (C=O) groups excluding carboxylic acids is 2. The van der Waals surface area contributed by atoms with Crippen molar-refractivity contribution in [3.8, 4) is 0 Å². The molecule has 0 aliphatic carbocycles. The van der Waals surface area contributed by atoms with Crippen LogP contribution in [0.5, 0.6) is 0 Å². The fourth-order valence-electron chi connectivity index (χ4n) is 3.56. The lowest BCUT2D eigenvalue weighted by atomic mass is 10.2. The van der Waals surface area contributed by atoms with Crippen LogP contribution in [0.25, 0.3) is 10.2 Å². The number of thiophene rings is 1. The molecule has 0 spiro atoms. The fraction of sp³-hybridized carbons (Fsp3) is 0.240. The van der Waals surface area contributed by atoms with Gasteiger partial charge < -0.3 is 20.9 Å². The van der Waals surface area contributed by atoms with Gasteiger partial charge in [-0.3, -0.25) is 14.6 Å². The predicted octanol–water partition coefficient (Wildman–Crippen LogP) is 3.57. The van der Waals surface area contributed by atoms with Gasteiger partial charge in [-0.05, 0) is 54.8 Å². The third-order valence-electron chi connectivity index (χ3n) is 5.55. The highest BCUT2D eigenvalue weighted by Gasteiger charge is 2.13. The first kappa shape index (κ1) is 24.1. The molecule has 3 aromatic heterocycles. The molecule has 10 heteroatoms. The van der Waals surface area contributed by atoms with Gasteiger partial charge in [-0.2, -0.15) is 0 Å². The Kier molecular flexibility index (Phi) is 7.51. The molecular formula is C25H26N6O3S. The second-order valence-electron chi connectivity index (χ2n) is 8.12. The van der Waals surface area contributed by atoms with Gasteiger partial charge in [-0.1, -0.05) is 12.1 Å². The smallest absolute Gasteiger partial charge is 0.319 e. The van der Waals surface area contributed by atoms with Crippen molar-refractivity contribution in [2.45, 2.75) is 39.8 Å². The third-order valence-corrected chi connectivity index (χ3v) is 6.66. The average molecular weight is 491 g/mol. The zero-order chi connectivity index (χ0) is 24.8. The number of carbonyl (C=O) groups is 2. The number of pyridine rings is 1. The first-order valence-corrected chi connectivity index (χ1v) is 12.0. The Hall–Kier alpha value is -4.05. The second-order valence-corrected chi connectivity index (χ2v) is 9.32. The summed E-state index contributed by atoms with van der Waals surface area (Å²) in [6, 6.07) is 10.6. The van der Waals surface area contributed by atoms with E-state index >= 15 is 0 Å². The maximum Gasteiger partial charge on any atom is 0.319 e. The highest BCUT2D eigenvalue weighted by atomic mass is 32.1. The number of hydrogen-bond acceptors (Lipinski definition) is 6. The van der Waals surface area contributed by atoms with Crippen molar-refractivity contribution in [3.05, 3.63) is 86.5 Å². The van der Waals surface area contributed by atoms with Gasteiger partial charge in [0.2, 0.25) is 5.91 Å². The maximum atomic E-state index is 12.4. The molecule has 0 bridgehead atoms. The fourth-order valence-corrected chi connectivity index (χ4v) is 4.60. The topological polar surface area (TPSA) is 129 Å². The zero-order valence-electron chi connectivity index (χ0n) is 19.5. The summed E-state index contributed by atoms with van der Waals surface area (Å²) in [7, 11) is 0. The molecular weight excluding hydrogens is 464 g/mol. The lowest BCUT2D eigenvalue weighted by molar-refractivity contribution is -0.121. The molecule has 0 fully saturated rings. The number of aryl methyl sites for hydroxylation is 3. The first-order valence-electron chi connectivity index (χ1n) is 11.2. The zero-order valence-corrected chi connectivity index (χ0v) is 20.3. The van der Waals surface area contributed by atoms with Crippen molar-refractivity contribution in [1.29, 1.82) is 0 Å². The van der Waals surface area contributed by atoms with Crippen molar-refractivity contribution >= 4 is 39.2 Å². The number of nitrogens with zero attached hydrogens (tertiary/aromatic N) is 2. The Labute approximate surface area is 206 Å². The second kappa shape index (κ2) is 10.9. The van der Waals surface area contributed by atoms with Gasteiger partial charge >= 0.3 is 6.03 Å². The van der Waals surface area contributed by atoms with Crippen molar-refractivity contribution in [2.75, 3.05) is 5.32 Å². The molecule has 3 amide bonds. The Morgan fingerprint density at radius 3 is 2.60 bits per heavy atom. The molecule has 4 N–H and O–H groups in total. The van der Waals surface area contributed by atoms with Gasteiger partial charge in [0.05, 0.1) is 5.39 Å². The number of benzene rings is 1. The molecule has 0 unspecified atom stereocenters. The monoisotopic (exact) mass is 490 g/mol. The van der Waals surface area contributed by atoms with Crippen LogP contribution >= 0.6 is 11.3 Å². The molecule has 0 saturated heterocycles. The van der Waals surface area contributed by atoms with E-state index in [2.05, 4.69) is 30.9 Å². The number of anilines is 1. The summed E-state index contributed by atoms with van der Waals surface area (Å²) in [4.78, 5) is 49.9. The number of rotatable bonds is 8. The van der Waals surface area contributed by atoms with E-state index in [4.69, 9.17) is 0 Å². The van der Waals surface area contributed by atoms with E-state index in [-0.39, 0.29) is 23.9 Å². The molecule has 180 valence electrons. The predicted molar refractivity (Wildman–Crippen MR) is 136 cm³/mol. The minimum atomic E-state index is -0.322. The summed E-state index contributed by atoms with van der Waals surface area (Å²) >= 11 is 1.49. The van der Waals surface area contributed by atoms with Crippen LogP contribution in [0, 0.1) is 13.8 Å². The van der Waals surface area contributed by atoms with E-state index in [0.29, 0.717) is 41.2 Å². The van der Waals surface area contributed by atoms with E-state index in [0.717, 1.165) is 21.6 Å². The average Bonchev–Trinajstić information content (AvgIpc) is 3.14. The van der Waals surface area contributed by atoms with Crippen molar-refractivity contribution in [2.24, 2.45) is 0 Å². The highest BCUT2D eigenvalue weighted by molar-refractivity contribution is 7.18. The largest absolute Gasteiger partial charge is 0.352 e. The summed E-state index contributed by atoms with van der Waals surface area (Å²) in [6.45, 7) is 4.59. The van der Waals surface area contributed by atoms with Crippen molar-refractivity contribution in [3.63, 3.8) is 0 Å². The summed E-state index contributed by atoms with van der Waals surface area (Å²) in [6.07, 6.45) is 3.89. The number of aromatic nitrogens is 3. The Morgan fingerprint density at radius 1 is 1.03 bits per heavy atom. The van der Waals surface area contributed by atoms with E-state index in [1.165, 1.54) is 11.3 Å². The summed E-state index contributed by atoms with van der Waals surface area (Å²) in [5, 5.41) is 9.08. The number of amides is 3. The quantitative estimate of drug-likeness (QED) is 0.300. The van der Waals surface area contributed by atoms with Crippen molar-refractivity contribution < 1.29 is 9.59 Å². The third kappa shape index (κ3) is 6.30. The number of nitrogens with one attached hydrogen (secondary N) is 4. The van der Waals surface area contributed by atoms with Gasteiger partial charge in [0, 0.05) is 48.9 Å². The van der Waals surface area contributed by atoms with Crippen LogP contribution in [0.3, 0.4) is 0 Å². The van der Waals surface area contributed by atoms with E-state index in [9.17, 15) is 14.4 Å². The van der Waals surface area contributed by atoms with Gasteiger partial charge in [0.1, 0.15) is 10.7 Å². The molecule has 35 heavy (non-hydrogen) atoms. The summed E-state index contributed by atoms with van der Waals surface area (Å²) in [5.74, 6) is 0.350. The van der Waals surface area contributed by atoms with Crippen LogP contribution in [0.2, 0.25) is 0 Å². The van der Waals surface area contributed by atoms with Gasteiger partial charge in [-0.25, -0.2) is 9.78 Å². The van der Waals surface area contributed by atoms with Crippen LogP contribution in [-0.2, 0) is 24.3 Å². The molecule has 4 rings (SSSR count). The van der Waals surface area contributed by atoms with E-state index in [1.807, 2.05) is 38.1 Å². The minimum absolute atomic E-state index is 0.153. The van der Waals surface area contributed by atoms with E-state index < -0.39 is 0 Å². The summed E-state index contributed by atoms with van der Waals surface area (Å²) < 4.78 is 0. The Bertz CT molecular complexity index is 1410. The molecule has 0 atom stereocenters. The molecule has 0 aliphatic rings. The van der Waals surface area contributed by atoms with Crippen LogP contribution in [0.1, 0.15) is 33.8 Å². The van der Waals surface area contributed by atoms with Gasteiger partial charge in [0.15, 0.2) is 0 Å².